The molecule has 2 fully saturated rings. The second-order valence-electron chi connectivity index (χ2n) is 7.62. The molecule has 1 aliphatic heterocycles. The maximum atomic E-state index is 14.7. The van der Waals surface area contributed by atoms with E-state index in [2.05, 4.69) is 23.0 Å². The topological polar surface area (TPSA) is 6.48 Å². The average molecular weight is 362 g/mol. The summed E-state index contributed by atoms with van der Waals surface area (Å²) in [4.78, 5) is 4.58. The minimum atomic E-state index is -0.159. The van der Waals surface area contributed by atoms with E-state index >= 15 is 0 Å². The molecule has 2 nitrogen and oxygen atoms in total. The summed E-state index contributed by atoms with van der Waals surface area (Å²) in [6.07, 6.45) is 5.12. The molecule has 1 saturated heterocycles. The monoisotopic (exact) mass is 362 g/mol. The van der Waals surface area contributed by atoms with Gasteiger partial charge in [0.2, 0.25) is 0 Å². The van der Waals surface area contributed by atoms with Gasteiger partial charge in [0.15, 0.2) is 0 Å². The van der Waals surface area contributed by atoms with Crippen molar-refractivity contribution in [1.29, 1.82) is 0 Å². The van der Waals surface area contributed by atoms with E-state index in [9.17, 15) is 4.39 Å². The van der Waals surface area contributed by atoms with Gasteiger partial charge in [0.05, 0.1) is 11.4 Å². The van der Waals surface area contributed by atoms with Crippen molar-refractivity contribution in [3.05, 3.63) is 84.5 Å². The van der Waals surface area contributed by atoms with Gasteiger partial charge in [-0.05, 0) is 30.0 Å². The Morgan fingerprint density at radius 2 is 1.63 bits per heavy atom. The molecule has 140 valence electrons. The van der Waals surface area contributed by atoms with E-state index in [-0.39, 0.29) is 5.82 Å². The van der Waals surface area contributed by atoms with Gasteiger partial charge in [-0.1, -0.05) is 68.5 Å². The lowest BCUT2D eigenvalue weighted by Gasteiger charge is -2.43. The van der Waals surface area contributed by atoms with Crippen molar-refractivity contribution in [3.63, 3.8) is 0 Å². The van der Waals surface area contributed by atoms with Gasteiger partial charge in [0, 0.05) is 31.2 Å². The average Bonchev–Trinajstić information content (AvgIpc) is 3.22. The minimum Gasteiger partial charge on any atom is -0.366 e. The lowest BCUT2D eigenvalue weighted by Crippen LogP contribution is -2.45. The Balaban J connectivity index is 1.46. The van der Waals surface area contributed by atoms with Crippen LogP contribution < -0.4 is 0 Å². The second-order valence-corrected chi connectivity index (χ2v) is 7.62. The van der Waals surface area contributed by atoms with Gasteiger partial charge in [0.25, 0.3) is 0 Å². The summed E-state index contributed by atoms with van der Waals surface area (Å²) in [5.74, 6) is -0.159. The third kappa shape index (κ3) is 3.64. The SMILES string of the molecule is C=C1C(=C)N(C2CCCC2)CCN1Cc1ccc(-c2ccccc2)cc1F. The molecule has 4 rings (SSSR count). The molecular formula is C24H27FN2. The molecule has 0 bridgehead atoms. The number of hydrogen-bond acceptors (Lipinski definition) is 2. The summed E-state index contributed by atoms with van der Waals surface area (Å²) >= 11 is 0. The summed E-state index contributed by atoms with van der Waals surface area (Å²) in [5.41, 5.74) is 4.59. The molecule has 0 unspecified atom stereocenters. The van der Waals surface area contributed by atoms with E-state index in [1.165, 1.54) is 25.7 Å². The van der Waals surface area contributed by atoms with Crippen LogP contribution in [-0.2, 0) is 6.54 Å². The Hall–Kier alpha value is -2.55. The summed E-state index contributed by atoms with van der Waals surface area (Å²) < 4.78 is 14.7. The smallest absolute Gasteiger partial charge is 0.128 e. The van der Waals surface area contributed by atoms with Crippen LogP contribution >= 0.6 is 0 Å². The Labute approximate surface area is 161 Å². The van der Waals surface area contributed by atoms with Crippen molar-refractivity contribution < 1.29 is 4.39 Å². The predicted molar refractivity (Wildman–Crippen MR) is 109 cm³/mol. The summed E-state index contributed by atoms with van der Waals surface area (Å²) in [6, 6.07) is 16.1. The highest BCUT2D eigenvalue weighted by atomic mass is 19.1. The molecule has 0 aromatic heterocycles. The van der Waals surface area contributed by atoms with Crippen molar-refractivity contribution >= 4 is 0 Å². The molecule has 0 N–H and O–H groups in total. The summed E-state index contributed by atoms with van der Waals surface area (Å²) in [5, 5.41) is 0. The molecule has 2 aromatic carbocycles. The molecule has 0 radical (unpaired) electrons. The number of nitrogens with zero attached hydrogens (tertiary/aromatic N) is 2. The van der Waals surface area contributed by atoms with Gasteiger partial charge < -0.3 is 9.80 Å². The molecule has 2 aromatic rings. The molecule has 3 heteroatoms. The molecule has 0 spiro atoms. The first-order valence-electron chi connectivity index (χ1n) is 9.87. The van der Waals surface area contributed by atoms with Crippen molar-refractivity contribution in [2.24, 2.45) is 0 Å². The molecule has 2 aliphatic rings. The highest BCUT2D eigenvalue weighted by Crippen LogP contribution is 2.32. The van der Waals surface area contributed by atoms with Crippen molar-refractivity contribution in [2.75, 3.05) is 13.1 Å². The van der Waals surface area contributed by atoms with E-state index in [4.69, 9.17) is 0 Å². The molecule has 27 heavy (non-hydrogen) atoms. The van der Waals surface area contributed by atoms with E-state index in [1.54, 1.807) is 6.07 Å². The number of halogens is 1. The van der Waals surface area contributed by atoms with Crippen LogP contribution in [0.4, 0.5) is 4.39 Å². The molecule has 0 atom stereocenters. The largest absolute Gasteiger partial charge is 0.366 e. The Bertz CT molecular complexity index is 837. The van der Waals surface area contributed by atoms with Gasteiger partial charge in [0.1, 0.15) is 5.82 Å². The second kappa shape index (κ2) is 7.59. The summed E-state index contributed by atoms with van der Waals surface area (Å²) in [7, 11) is 0. The highest BCUT2D eigenvalue weighted by Gasteiger charge is 2.30. The van der Waals surface area contributed by atoms with Crippen LogP contribution in [0.25, 0.3) is 11.1 Å². The standard InChI is InChI=1S/C24H27FN2/c1-18-19(2)27(23-10-6-7-11-23)15-14-26(18)17-22-13-12-21(16-24(22)25)20-8-4-3-5-9-20/h3-5,8-9,12-13,16,23H,1-2,6-7,10-11,14-15,17H2. The van der Waals surface area contributed by atoms with Crippen LogP contribution in [0.1, 0.15) is 31.2 Å². The fraction of sp³-hybridized carbons (Fsp3) is 0.333. The normalized spacial score (nSPS) is 18.4. The zero-order valence-electron chi connectivity index (χ0n) is 15.8. The molecule has 1 aliphatic carbocycles. The van der Waals surface area contributed by atoms with Crippen LogP contribution in [0, 0.1) is 5.82 Å². The number of benzene rings is 2. The van der Waals surface area contributed by atoms with Gasteiger partial charge >= 0.3 is 0 Å². The van der Waals surface area contributed by atoms with Crippen LogP contribution in [0.2, 0.25) is 0 Å². The maximum Gasteiger partial charge on any atom is 0.128 e. The fourth-order valence-electron chi connectivity index (χ4n) is 4.33. The quantitative estimate of drug-likeness (QED) is 0.700. The number of hydrogen-bond donors (Lipinski definition) is 0. The van der Waals surface area contributed by atoms with E-state index in [1.807, 2.05) is 42.5 Å². The fourth-order valence-corrected chi connectivity index (χ4v) is 4.33. The number of rotatable bonds is 4. The van der Waals surface area contributed by atoms with Gasteiger partial charge in [-0.2, -0.15) is 0 Å². The van der Waals surface area contributed by atoms with E-state index in [0.29, 0.717) is 18.2 Å². The van der Waals surface area contributed by atoms with Crippen LogP contribution in [0.3, 0.4) is 0 Å². The van der Waals surface area contributed by atoms with Crippen molar-refractivity contribution in [3.8, 4) is 11.1 Å². The zero-order valence-corrected chi connectivity index (χ0v) is 15.8. The molecule has 1 saturated carbocycles. The number of piperazine rings is 1. The van der Waals surface area contributed by atoms with Crippen molar-refractivity contribution in [2.45, 2.75) is 38.3 Å². The lowest BCUT2D eigenvalue weighted by molar-refractivity contribution is 0.172. The Morgan fingerprint density at radius 3 is 2.33 bits per heavy atom. The Morgan fingerprint density at radius 1 is 0.889 bits per heavy atom. The summed E-state index contributed by atoms with van der Waals surface area (Å²) in [6.45, 7) is 10.9. The molecule has 0 amide bonds. The molecule has 1 heterocycles. The Kier molecular flexibility index (Phi) is 5.02. The first kappa shape index (κ1) is 17.8. The highest BCUT2D eigenvalue weighted by molar-refractivity contribution is 5.63. The third-order valence-corrected chi connectivity index (χ3v) is 5.96. The van der Waals surface area contributed by atoms with E-state index < -0.39 is 0 Å². The van der Waals surface area contributed by atoms with Crippen molar-refractivity contribution in [1.82, 2.24) is 9.80 Å². The first-order chi connectivity index (χ1) is 13.1. The molecular weight excluding hydrogens is 335 g/mol. The van der Waals surface area contributed by atoms with Crippen LogP contribution in [-0.4, -0.2) is 28.9 Å². The predicted octanol–water partition coefficient (Wildman–Crippen LogP) is 5.58. The van der Waals surface area contributed by atoms with E-state index in [0.717, 1.165) is 35.6 Å². The van der Waals surface area contributed by atoms with Gasteiger partial charge in [-0.3, -0.25) is 0 Å². The van der Waals surface area contributed by atoms with Crippen LogP contribution in [0.5, 0.6) is 0 Å². The van der Waals surface area contributed by atoms with Crippen LogP contribution in [0.15, 0.2) is 73.1 Å². The third-order valence-electron chi connectivity index (χ3n) is 5.96. The minimum absolute atomic E-state index is 0.159. The first-order valence-corrected chi connectivity index (χ1v) is 9.87. The van der Waals surface area contributed by atoms with Gasteiger partial charge in [-0.25, -0.2) is 4.39 Å². The maximum absolute atomic E-state index is 14.7. The van der Waals surface area contributed by atoms with Gasteiger partial charge in [-0.15, -0.1) is 0 Å². The lowest BCUT2D eigenvalue weighted by atomic mass is 10.0. The zero-order chi connectivity index (χ0) is 18.8.